The van der Waals surface area contributed by atoms with Crippen LogP contribution < -0.4 is 0 Å². The van der Waals surface area contributed by atoms with Crippen LogP contribution in [0.1, 0.15) is 39.0 Å². The molecule has 0 bridgehead atoms. The van der Waals surface area contributed by atoms with E-state index in [0.29, 0.717) is 5.92 Å². The van der Waals surface area contributed by atoms with Gasteiger partial charge in [0.25, 0.3) is 0 Å². The Labute approximate surface area is 111 Å². The molecule has 104 valence electrons. The Kier molecular flexibility index (Phi) is 5.45. The molecule has 0 radical (unpaired) electrons. The second kappa shape index (κ2) is 7.10. The highest BCUT2D eigenvalue weighted by atomic mass is 16.4. The van der Waals surface area contributed by atoms with Gasteiger partial charge in [0.2, 0.25) is 0 Å². The average molecular weight is 253 g/mol. The number of hydrogen-bond acceptors (Lipinski definition) is 4. The summed E-state index contributed by atoms with van der Waals surface area (Å²) in [5.74, 6) is 0.468. The van der Waals surface area contributed by atoms with Gasteiger partial charge in [0, 0.05) is 25.4 Å². The summed E-state index contributed by atoms with van der Waals surface area (Å²) in [7, 11) is 0. The fourth-order valence-electron chi connectivity index (χ4n) is 3.21. The second-order valence-electron chi connectivity index (χ2n) is 5.65. The van der Waals surface area contributed by atoms with E-state index in [1.807, 2.05) is 0 Å². The molecule has 2 aliphatic heterocycles. The first-order valence-corrected chi connectivity index (χ1v) is 7.49. The van der Waals surface area contributed by atoms with Crippen LogP contribution in [0.2, 0.25) is 0 Å². The number of piperidine rings is 1. The largest absolute Gasteiger partial charge is 0.411 e. The first-order valence-electron chi connectivity index (χ1n) is 7.49. The Morgan fingerprint density at radius 3 is 2.56 bits per heavy atom. The van der Waals surface area contributed by atoms with Crippen LogP contribution in [-0.4, -0.2) is 60.0 Å². The second-order valence-corrected chi connectivity index (χ2v) is 5.65. The summed E-state index contributed by atoms with van der Waals surface area (Å²) in [5.41, 5.74) is 1.01. The van der Waals surface area contributed by atoms with Crippen LogP contribution in [0.3, 0.4) is 0 Å². The predicted molar refractivity (Wildman–Crippen MR) is 74.4 cm³/mol. The standard InChI is InChI=1S/C14H27N3O/c1-2-13-12-17(11-6-14(13)15-18)10-5-9-16-7-3-4-8-16/h13,18H,2-12H2,1H3. The molecule has 2 aliphatic rings. The zero-order chi connectivity index (χ0) is 12.8. The van der Waals surface area contributed by atoms with Crippen LogP contribution >= 0.6 is 0 Å². The summed E-state index contributed by atoms with van der Waals surface area (Å²) < 4.78 is 0. The van der Waals surface area contributed by atoms with Gasteiger partial charge in [0.1, 0.15) is 0 Å². The molecule has 0 aliphatic carbocycles. The number of hydrogen-bond donors (Lipinski definition) is 1. The van der Waals surface area contributed by atoms with Gasteiger partial charge < -0.3 is 15.0 Å². The SMILES string of the molecule is CCC1CN(CCCN2CCCC2)CCC1=NO. The van der Waals surface area contributed by atoms with Gasteiger partial charge in [-0.3, -0.25) is 0 Å². The summed E-state index contributed by atoms with van der Waals surface area (Å²) in [4.78, 5) is 5.13. The van der Waals surface area contributed by atoms with E-state index >= 15 is 0 Å². The van der Waals surface area contributed by atoms with E-state index in [4.69, 9.17) is 5.21 Å². The molecule has 18 heavy (non-hydrogen) atoms. The maximum Gasteiger partial charge on any atom is 0.0627 e. The van der Waals surface area contributed by atoms with E-state index in [1.54, 1.807) is 0 Å². The van der Waals surface area contributed by atoms with Gasteiger partial charge in [-0.2, -0.15) is 0 Å². The van der Waals surface area contributed by atoms with Crippen molar-refractivity contribution in [2.24, 2.45) is 11.1 Å². The highest BCUT2D eigenvalue weighted by molar-refractivity contribution is 5.87. The maximum atomic E-state index is 8.96. The molecule has 4 nitrogen and oxygen atoms in total. The quantitative estimate of drug-likeness (QED) is 0.602. The molecule has 0 amide bonds. The van der Waals surface area contributed by atoms with Crippen LogP contribution in [-0.2, 0) is 0 Å². The smallest absolute Gasteiger partial charge is 0.0627 e. The number of nitrogens with zero attached hydrogens (tertiary/aromatic N) is 3. The van der Waals surface area contributed by atoms with Crippen molar-refractivity contribution in [2.45, 2.75) is 39.0 Å². The molecule has 1 atom stereocenters. The summed E-state index contributed by atoms with van der Waals surface area (Å²) in [5, 5.41) is 12.4. The highest BCUT2D eigenvalue weighted by Crippen LogP contribution is 2.17. The van der Waals surface area contributed by atoms with Gasteiger partial charge in [-0.25, -0.2) is 0 Å². The molecule has 0 spiro atoms. The van der Waals surface area contributed by atoms with E-state index in [0.717, 1.165) is 31.6 Å². The molecule has 2 saturated heterocycles. The van der Waals surface area contributed by atoms with Gasteiger partial charge in [0.15, 0.2) is 0 Å². The van der Waals surface area contributed by atoms with Gasteiger partial charge in [-0.05, 0) is 51.9 Å². The van der Waals surface area contributed by atoms with E-state index in [-0.39, 0.29) is 0 Å². The Hall–Kier alpha value is -0.610. The number of oxime groups is 1. The van der Waals surface area contributed by atoms with Crippen molar-refractivity contribution in [3.05, 3.63) is 0 Å². The van der Waals surface area contributed by atoms with E-state index in [2.05, 4.69) is 21.9 Å². The number of likely N-dealkylation sites (tertiary alicyclic amines) is 2. The minimum Gasteiger partial charge on any atom is -0.411 e. The molecular weight excluding hydrogens is 226 g/mol. The van der Waals surface area contributed by atoms with E-state index < -0.39 is 0 Å². The summed E-state index contributed by atoms with van der Waals surface area (Å²) in [6.45, 7) is 9.40. The zero-order valence-corrected chi connectivity index (χ0v) is 11.6. The zero-order valence-electron chi connectivity index (χ0n) is 11.6. The van der Waals surface area contributed by atoms with Gasteiger partial charge in [-0.15, -0.1) is 0 Å². The molecule has 4 heteroatoms. The first kappa shape index (κ1) is 13.8. The summed E-state index contributed by atoms with van der Waals surface area (Å²) in [6, 6.07) is 0. The molecule has 0 aromatic heterocycles. The fraction of sp³-hybridized carbons (Fsp3) is 0.929. The van der Waals surface area contributed by atoms with Crippen molar-refractivity contribution >= 4 is 5.71 Å². The van der Waals surface area contributed by atoms with Crippen molar-refractivity contribution < 1.29 is 5.21 Å². The third-order valence-electron chi connectivity index (χ3n) is 4.40. The van der Waals surface area contributed by atoms with Gasteiger partial charge >= 0.3 is 0 Å². The van der Waals surface area contributed by atoms with Crippen molar-refractivity contribution in [2.75, 3.05) is 39.3 Å². The van der Waals surface area contributed by atoms with Crippen LogP contribution in [0.15, 0.2) is 5.16 Å². The first-order chi connectivity index (χ1) is 8.83. The molecule has 0 saturated carbocycles. The molecular formula is C14H27N3O. The van der Waals surface area contributed by atoms with E-state index in [1.165, 1.54) is 45.4 Å². The fourth-order valence-corrected chi connectivity index (χ4v) is 3.21. The minimum absolute atomic E-state index is 0.468. The Morgan fingerprint density at radius 1 is 1.17 bits per heavy atom. The third kappa shape index (κ3) is 3.69. The maximum absolute atomic E-state index is 8.96. The third-order valence-corrected chi connectivity index (χ3v) is 4.40. The van der Waals surface area contributed by atoms with Crippen molar-refractivity contribution in [1.82, 2.24) is 9.80 Å². The lowest BCUT2D eigenvalue weighted by Crippen LogP contribution is -2.41. The van der Waals surface area contributed by atoms with Crippen molar-refractivity contribution in [3.8, 4) is 0 Å². The lowest BCUT2D eigenvalue weighted by Gasteiger charge is -2.33. The molecule has 0 aromatic rings. The average Bonchev–Trinajstić information content (AvgIpc) is 2.91. The molecule has 1 N–H and O–H groups in total. The molecule has 2 heterocycles. The highest BCUT2D eigenvalue weighted by Gasteiger charge is 2.24. The van der Waals surface area contributed by atoms with Crippen LogP contribution in [0.4, 0.5) is 0 Å². The van der Waals surface area contributed by atoms with Gasteiger partial charge in [-0.1, -0.05) is 12.1 Å². The molecule has 2 fully saturated rings. The normalized spacial score (nSPS) is 29.2. The summed E-state index contributed by atoms with van der Waals surface area (Å²) in [6.07, 6.45) is 6.08. The minimum atomic E-state index is 0.468. The Balaban J connectivity index is 1.67. The summed E-state index contributed by atoms with van der Waals surface area (Å²) >= 11 is 0. The Morgan fingerprint density at radius 2 is 1.89 bits per heavy atom. The Bertz CT molecular complexity index is 274. The van der Waals surface area contributed by atoms with Crippen LogP contribution in [0, 0.1) is 5.92 Å². The monoisotopic (exact) mass is 253 g/mol. The van der Waals surface area contributed by atoms with Gasteiger partial charge in [0.05, 0.1) is 5.71 Å². The van der Waals surface area contributed by atoms with Crippen LogP contribution in [0.25, 0.3) is 0 Å². The van der Waals surface area contributed by atoms with Crippen molar-refractivity contribution in [1.29, 1.82) is 0 Å². The molecule has 0 aromatic carbocycles. The molecule has 1 unspecified atom stereocenters. The lowest BCUT2D eigenvalue weighted by atomic mass is 9.93. The predicted octanol–water partition coefficient (Wildman–Crippen LogP) is 2.03. The molecule has 2 rings (SSSR count). The number of rotatable bonds is 5. The van der Waals surface area contributed by atoms with Crippen LogP contribution in [0.5, 0.6) is 0 Å². The van der Waals surface area contributed by atoms with E-state index in [9.17, 15) is 0 Å². The van der Waals surface area contributed by atoms with Crippen molar-refractivity contribution in [3.63, 3.8) is 0 Å². The topological polar surface area (TPSA) is 39.1 Å². The lowest BCUT2D eigenvalue weighted by molar-refractivity contribution is 0.212.